The van der Waals surface area contributed by atoms with E-state index >= 15 is 0 Å². The van der Waals surface area contributed by atoms with E-state index in [2.05, 4.69) is 5.32 Å². The van der Waals surface area contributed by atoms with Crippen LogP contribution in [0.25, 0.3) is 0 Å². The normalized spacial score (nSPS) is 21.7. The van der Waals surface area contributed by atoms with Crippen LogP contribution in [0.2, 0.25) is 0 Å². The Labute approximate surface area is 220 Å². The second-order valence-electron chi connectivity index (χ2n) is 9.76. The maximum atomic E-state index is 13.5. The van der Waals surface area contributed by atoms with Gasteiger partial charge in [0.25, 0.3) is 0 Å². The van der Waals surface area contributed by atoms with Gasteiger partial charge in [-0.25, -0.2) is 4.39 Å². The molecule has 1 heterocycles. The van der Waals surface area contributed by atoms with Crippen molar-refractivity contribution in [3.63, 3.8) is 0 Å². The molecule has 0 fully saturated rings. The van der Waals surface area contributed by atoms with Gasteiger partial charge in [0.2, 0.25) is 11.8 Å². The molecule has 4 atom stereocenters. The first kappa shape index (κ1) is 27.6. The minimum Gasteiger partial charge on any atom is -0.493 e. The van der Waals surface area contributed by atoms with Crippen molar-refractivity contribution in [2.45, 2.75) is 51.2 Å². The molecule has 2 aromatic carbocycles. The van der Waals surface area contributed by atoms with Gasteiger partial charge in [0.1, 0.15) is 18.0 Å². The molecule has 0 radical (unpaired) electrons. The van der Waals surface area contributed by atoms with Gasteiger partial charge in [-0.05, 0) is 41.5 Å². The highest BCUT2D eigenvalue weighted by Gasteiger charge is 2.51. The fourth-order valence-corrected chi connectivity index (χ4v) is 5.07. The number of nitrogens with one attached hydrogen (secondary N) is 1. The summed E-state index contributed by atoms with van der Waals surface area (Å²) >= 11 is 0. The number of nitrogens with zero attached hydrogens (tertiary/aromatic N) is 1. The minimum absolute atomic E-state index is 0.0126. The van der Waals surface area contributed by atoms with Crippen molar-refractivity contribution in [3.05, 3.63) is 70.6 Å². The van der Waals surface area contributed by atoms with Crippen molar-refractivity contribution < 1.29 is 38.8 Å². The smallest absolute Gasteiger partial charge is 0.247 e. The number of aliphatic hydroxyl groups is 3. The summed E-state index contributed by atoms with van der Waals surface area (Å²) in [4.78, 5) is 28.2. The van der Waals surface area contributed by atoms with Crippen LogP contribution in [-0.4, -0.2) is 70.5 Å². The highest BCUT2D eigenvalue weighted by atomic mass is 19.1. The lowest BCUT2D eigenvalue weighted by Gasteiger charge is -2.41. The molecule has 38 heavy (non-hydrogen) atoms. The van der Waals surface area contributed by atoms with E-state index in [1.54, 1.807) is 44.2 Å². The number of carbonyl (C=O) groups excluding carboxylic acids is 2. The molecule has 2 aromatic rings. The van der Waals surface area contributed by atoms with Crippen molar-refractivity contribution in [1.29, 1.82) is 0 Å². The van der Waals surface area contributed by atoms with Gasteiger partial charge in [-0.15, -0.1) is 0 Å². The van der Waals surface area contributed by atoms with E-state index in [1.807, 2.05) is 0 Å². The van der Waals surface area contributed by atoms with Gasteiger partial charge < -0.3 is 35.0 Å². The van der Waals surface area contributed by atoms with Crippen LogP contribution in [0.15, 0.2) is 48.0 Å². The predicted molar refractivity (Wildman–Crippen MR) is 136 cm³/mol. The third-order valence-electron chi connectivity index (χ3n) is 6.90. The monoisotopic (exact) mass is 528 g/mol. The minimum atomic E-state index is -1.23. The molecular weight excluding hydrogens is 495 g/mol. The van der Waals surface area contributed by atoms with E-state index < -0.39 is 41.8 Å². The van der Waals surface area contributed by atoms with E-state index in [-0.39, 0.29) is 37.8 Å². The molecule has 0 unspecified atom stereocenters. The number of hydrogen-bond donors (Lipinski definition) is 4. The number of amides is 2. The second-order valence-corrected chi connectivity index (χ2v) is 9.76. The number of ether oxygens (including phenoxy) is 2. The van der Waals surface area contributed by atoms with Crippen LogP contribution >= 0.6 is 0 Å². The van der Waals surface area contributed by atoms with E-state index in [0.717, 1.165) is 0 Å². The highest BCUT2D eigenvalue weighted by molar-refractivity contribution is 5.96. The van der Waals surface area contributed by atoms with E-state index in [1.165, 1.54) is 24.1 Å². The van der Waals surface area contributed by atoms with Gasteiger partial charge >= 0.3 is 0 Å². The van der Waals surface area contributed by atoms with Crippen molar-refractivity contribution >= 4 is 11.8 Å². The fraction of sp³-hybridized carbons (Fsp3) is 0.429. The lowest BCUT2D eigenvalue weighted by molar-refractivity contribution is -0.141. The van der Waals surface area contributed by atoms with Gasteiger partial charge in [-0.2, -0.15) is 0 Å². The number of carbonyl (C=O) groups is 2. The first-order valence-corrected chi connectivity index (χ1v) is 12.5. The number of aliphatic hydroxyl groups excluding tert-OH is 3. The Balaban J connectivity index is 1.82. The lowest BCUT2D eigenvalue weighted by atomic mass is 9.77. The fourth-order valence-electron chi connectivity index (χ4n) is 5.07. The number of benzene rings is 2. The summed E-state index contributed by atoms with van der Waals surface area (Å²) in [6.45, 7) is 3.02. The molecule has 4 rings (SSSR count). The number of halogens is 1. The van der Waals surface area contributed by atoms with Crippen LogP contribution in [0, 0.1) is 11.7 Å². The lowest BCUT2D eigenvalue weighted by Crippen LogP contribution is -2.56. The van der Waals surface area contributed by atoms with Crippen LogP contribution in [0.4, 0.5) is 4.39 Å². The molecule has 0 spiro atoms. The van der Waals surface area contributed by atoms with Gasteiger partial charge in [-0.1, -0.05) is 26.0 Å². The molecule has 2 aliphatic rings. The highest BCUT2D eigenvalue weighted by Crippen LogP contribution is 2.51. The molecular formula is C28H33FN2O7. The maximum absolute atomic E-state index is 13.5. The van der Waals surface area contributed by atoms with Crippen molar-refractivity contribution in [1.82, 2.24) is 10.2 Å². The molecule has 204 valence electrons. The van der Waals surface area contributed by atoms with Crippen LogP contribution in [0.3, 0.4) is 0 Å². The van der Waals surface area contributed by atoms with Crippen molar-refractivity contribution in [3.8, 4) is 11.5 Å². The summed E-state index contributed by atoms with van der Waals surface area (Å²) in [7, 11) is 1.46. The Hall–Kier alpha value is -3.47. The molecule has 1 aliphatic carbocycles. The summed E-state index contributed by atoms with van der Waals surface area (Å²) in [6, 6.07) is 8.11. The number of hydrogen-bond acceptors (Lipinski definition) is 7. The zero-order chi connectivity index (χ0) is 27.6. The van der Waals surface area contributed by atoms with Crippen molar-refractivity contribution in [2.75, 3.05) is 20.3 Å². The SMILES string of the molecule is COc1cc(CO)cc2c1O[C@@H]1[C@@H](O)[C@H](N(Cc3ccc(F)cc3)C(=O)C(C)C)C=C(C(=O)NCCO)[C@H]21. The summed E-state index contributed by atoms with van der Waals surface area (Å²) in [5, 5.41) is 33.3. The first-order chi connectivity index (χ1) is 18.2. The molecule has 0 bridgehead atoms. The summed E-state index contributed by atoms with van der Waals surface area (Å²) in [5.74, 6) is -1.59. The first-order valence-electron chi connectivity index (χ1n) is 12.5. The van der Waals surface area contributed by atoms with Gasteiger partial charge in [0, 0.05) is 30.1 Å². The molecule has 4 N–H and O–H groups in total. The largest absolute Gasteiger partial charge is 0.493 e. The Kier molecular flexibility index (Phi) is 8.35. The molecule has 1 aliphatic heterocycles. The molecule has 2 amide bonds. The summed E-state index contributed by atoms with van der Waals surface area (Å²) in [6.07, 6.45) is -0.598. The summed E-state index contributed by atoms with van der Waals surface area (Å²) < 4.78 is 25.2. The van der Waals surface area contributed by atoms with Gasteiger partial charge in [0.05, 0.1) is 32.3 Å². The predicted octanol–water partition coefficient (Wildman–Crippen LogP) is 1.63. The quantitative estimate of drug-likeness (QED) is 0.390. The standard InChI is InChI=1S/C28H33FN2O7/c1-15(2)28(36)31(13-16-4-6-18(29)7-5-16)21-12-20(27(35)30-8-9-32)23-19-10-17(14-33)11-22(37-3)25(19)38-26(23)24(21)34/h4-7,10-12,15,21,23-24,26,32-34H,8-9,13-14H2,1-3H3,(H,30,35)/t21-,23+,24+,26+/m1/s1. The number of rotatable bonds is 9. The number of fused-ring (bicyclic) bond motifs is 3. The van der Waals surface area contributed by atoms with Crippen LogP contribution in [0.1, 0.15) is 36.5 Å². The van der Waals surface area contributed by atoms with E-state index in [0.29, 0.717) is 28.2 Å². The van der Waals surface area contributed by atoms with Crippen LogP contribution in [0.5, 0.6) is 11.5 Å². The maximum Gasteiger partial charge on any atom is 0.247 e. The van der Waals surface area contributed by atoms with E-state index in [9.17, 15) is 29.3 Å². The molecule has 9 nitrogen and oxygen atoms in total. The number of methoxy groups -OCH3 is 1. The Bertz CT molecular complexity index is 1210. The second kappa shape index (κ2) is 11.5. The third kappa shape index (κ3) is 5.24. The van der Waals surface area contributed by atoms with Gasteiger partial charge in [0.15, 0.2) is 11.5 Å². The Morgan fingerprint density at radius 1 is 1.16 bits per heavy atom. The van der Waals surface area contributed by atoms with Crippen LogP contribution < -0.4 is 14.8 Å². The third-order valence-corrected chi connectivity index (χ3v) is 6.90. The summed E-state index contributed by atoms with van der Waals surface area (Å²) in [5.41, 5.74) is 2.03. The zero-order valence-corrected chi connectivity index (χ0v) is 21.6. The average molecular weight is 529 g/mol. The molecule has 0 saturated carbocycles. The molecule has 10 heteroatoms. The van der Waals surface area contributed by atoms with Crippen LogP contribution in [-0.2, 0) is 22.7 Å². The average Bonchev–Trinajstić information content (AvgIpc) is 3.31. The Morgan fingerprint density at radius 2 is 1.87 bits per heavy atom. The van der Waals surface area contributed by atoms with Gasteiger partial charge in [-0.3, -0.25) is 9.59 Å². The Morgan fingerprint density at radius 3 is 2.47 bits per heavy atom. The molecule has 0 saturated heterocycles. The van der Waals surface area contributed by atoms with E-state index in [4.69, 9.17) is 9.47 Å². The molecule has 0 aromatic heterocycles. The zero-order valence-electron chi connectivity index (χ0n) is 21.6. The topological polar surface area (TPSA) is 129 Å². The van der Waals surface area contributed by atoms with Crippen molar-refractivity contribution in [2.24, 2.45) is 5.92 Å².